The van der Waals surface area contributed by atoms with Gasteiger partial charge in [-0.25, -0.2) is 0 Å². The van der Waals surface area contributed by atoms with Crippen LogP contribution in [-0.2, 0) is 38.8 Å². The number of fused-ring (bicyclic) bond motifs is 2. The molecule has 0 saturated carbocycles. The van der Waals surface area contributed by atoms with Crippen molar-refractivity contribution in [1.29, 1.82) is 0 Å². The van der Waals surface area contributed by atoms with E-state index in [2.05, 4.69) is 48.5 Å². The van der Waals surface area contributed by atoms with Gasteiger partial charge in [-0.3, -0.25) is 0 Å². The Morgan fingerprint density at radius 3 is 0.957 bits per heavy atom. The second-order valence-electron chi connectivity index (χ2n) is 6.00. The molecule has 0 saturated heterocycles. The first-order valence-corrected chi connectivity index (χ1v) is 11.4. The minimum absolute atomic E-state index is 0.194. The Kier molecular flexibility index (Phi) is 9.15. The molecule has 0 N–H and O–H groups in total. The summed E-state index contributed by atoms with van der Waals surface area (Å²) in [6, 6.07) is 17.6. The molecule has 2 aliphatic carbocycles. The van der Waals surface area contributed by atoms with Crippen molar-refractivity contribution >= 4 is 20.2 Å². The molecule has 0 amide bonds. The number of hydrogen-bond donors (Lipinski definition) is 0. The Morgan fingerprint density at radius 2 is 0.739 bits per heavy atom. The van der Waals surface area contributed by atoms with E-state index in [9.17, 15) is 0 Å². The molecular weight excluding hydrogens is 367 g/mol. The summed E-state index contributed by atoms with van der Waals surface area (Å²) in [6.07, 6.45) is 10.8. The van der Waals surface area contributed by atoms with Crippen molar-refractivity contribution in [3.8, 4) is 0 Å². The first-order valence-electron chi connectivity index (χ1n) is 8.34. The van der Waals surface area contributed by atoms with Crippen LogP contribution < -0.4 is 0 Å². The molecule has 23 heavy (non-hydrogen) atoms. The molecule has 3 heteroatoms. The summed E-state index contributed by atoms with van der Waals surface area (Å²) >= 11 is 0.194. The van der Waals surface area contributed by atoms with Crippen molar-refractivity contribution in [2.24, 2.45) is 0 Å². The molecule has 0 bridgehead atoms. The molecular formula is C20H24Cl2Fe. The summed E-state index contributed by atoms with van der Waals surface area (Å²) in [5.74, 6) is 0. The fourth-order valence-electron chi connectivity index (χ4n) is 3.35. The Hall–Kier alpha value is -0.461. The number of rotatable bonds is 0. The number of aryl methyl sites for hydroxylation is 4. The molecule has 0 heterocycles. The third kappa shape index (κ3) is 6.51. The van der Waals surface area contributed by atoms with Crippen molar-refractivity contribution in [1.82, 2.24) is 0 Å². The van der Waals surface area contributed by atoms with Gasteiger partial charge < -0.3 is 0 Å². The average molecular weight is 391 g/mol. The zero-order valence-corrected chi connectivity index (χ0v) is 16.0. The molecule has 0 nitrogen and oxygen atoms in total. The molecule has 0 aromatic heterocycles. The summed E-state index contributed by atoms with van der Waals surface area (Å²) in [7, 11) is 9.53. The van der Waals surface area contributed by atoms with Gasteiger partial charge in [0.1, 0.15) is 0 Å². The fraction of sp³-hybridized carbons (Fsp3) is 0.400. The second-order valence-corrected chi connectivity index (χ2v) is 7.83. The van der Waals surface area contributed by atoms with Crippen molar-refractivity contribution in [2.45, 2.75) is 51.4 Å². The maximum Gasteiger partial charge on any atom is -0.0276 e. The van der Waals surface area contributed by atoms with Gasteiger partial charge in [-0.15, -0.1) is 0 Å². The van der Waals surface area contributed by atoms with Crippen LogP contribution in [0.2, 0.25) is 0 Å². The molecule has 2 aliphatic rings. The van der Waals surface area contributed by atoms with E-state index in [1.165, 1.54) is 51.4 Å². The summed E-state index contributed by atoms with van der Waals surface area (Å²) in [5, 5.41) is 0. The monoisotopic (exact) mass is 390 g/mol. The van der Waals surface area contributed by atoms with E-state index in [-0.39, 0.29) is 13.1 Å². The molecule has 2 aromatic carbocycles. The zero-order chi connectivity index (χ0) is 16.3. The smallest absolute Gasteiger partial charge is 0.0276 e. The van der Waals surface area contributed by atoms with Crippen LogP contribution in [0.3, 0.4) is 0 Å². The maximum absolute atomic E-state index is 4.76. The largest absolute Gasteiger partial charge is 0.0620 e. The number of hydrogen-bond acceptors (Lipinski definition) is 0. The molecule has 0 atom stereocenters. The normalized spacial score (nSPS) is 15.2. The van der Waals surface area contributed by atoms with Gasteiger partial charge >= 0.3 is 33.3 Å². The predicted octanol–water partition coefficient (Wildman–Crippen LogP) is 6.51. The van der Waals surface area contributed by atoms with E-state index in [1.807, 2.05) is 0 Å². The van der Waals surface area contributed by atoms with Gasteiger partial charge in [-0.05, 0) is 73.6 Å². The second kappa shape index (κ2) is 11.2. The Morgan fingerprint density at radius 1 is 0.522 bits per heavy atom. The summed E-state index contributed by atoms with van der Waals surface area (Å²) in [6.45, 7) is 0. The van der Waals surface area contributed by atoms with Crippen LogP contribution >= 0.6 is 20.2 Å². The quantitative estimate of drug-likeness (QED) is 0.450. The summed E-state index contributed by atoms with van der Waals surface area (Å²) < 4.78 is 0. The van der Waals surface area contributed by atoms with Crippen LogP contribution in [0.15, 0.2) is 48.5 Å². The van der Waals surface area contributed by atoms with Crippen LogP contribution in [0.1, 0.15) is 47.9 Å². The number of halogens is 2. The van der Waals surface area contributed by atoms with Crippen LogP contribution in [0.4, 0.5) is 0 Å². The van der Waals surface area contributed by atoms with E-state index in [0.717, 1.165) is 0 Å². The molecule has 0 aliphatic heterocycles. The van der Waals surface area contributed by atoms with Gasteiger partial charge in [-0.1, -0.05) is 48.5 Å². The molecule has 4 rings (SSSR count). The molecule has 0 unspecified atom stereocenters. The first kappa shape index (κ1) is 18.9. The summed E-state index contributed by atoms with van der Waals surface area (Å²) in [4.78, 5) is 0. The Bertz CT molecular complexity index is 482. The zero-order valence-electron chi connectivity index (χ0n) is 13.4. The minimum Gasteiger partial charge on any atom is -0.0620 e. The molecule has 0 fully saturated rings. The van der Waals surface area contributed by atoms with E-state index in [1.54, 1.807) is 22.3 Å². The summed E-state index contributed by atoms with van der Waals surface area (Å²) in [5.41, 5.74) is 6.31. The minimum atomic E-state index is 0.194. The molecule has 126 valence electrons. The van der Waals surface area contributed by atoms with Crippen molar-refractivity contribution in [3.05, 3.63) is 70.8 Å². The maximum atomic E-state index is 4.76. The van der Waals surface area contributed by atoms with E-state index in [4.69, 9.17) is 20.2 Å². The topological polar surface area (TPSA) is 0 Å². The SMILES string of the molecule is [Cl][Fe][Cl].c1ccc2c(c1)CCCC2.c1ccc2c(c1)CCCC2. The van der Waals surface area contributed by atoms with Crippen LogP contribution in [0.25, 0.3) is 0 Å². The van der Waals surface area contributed by atoms with Gasteiger partial charge in [0.15, 0.2) is 0 Å². The van der Waals surface area contributed by atoms with Gasteiger partial charge in [-0.2, -0.15) is 0 Å². The van der Waals surface area contributed by atoms with Crippen LogP contribution in [0.5, 0.6) is 0 Å². The third-order valence-electron chi connectivity index (χ3n) is 4.52. The van der Waals surface area contributed by atoms with Crippen molar-refractivity contribution in [3.63, 3.8) is 0 Å². The van der Waals surface area contributed by atoms with Crippen molar-refractivity contribution < 1.29 is 13.1 Å². The van der Waals surface area contributed by atoms with Gasteiger partial charge in [0.25, 0.3) is 0 Å². The van der Waals surface area contributed by atoms with Gasteiger partial charge in [0.2, 0.25) is 0 Å². The standard InChI is InChI=1S/2C10H12.2ClH.Fe/c2*1-2-6-10-8-4-3-7-9(10)5-1;;;/h2*1-2,5-6H,3-4,7-8H2;2*1H;/q;;;;+2/p-2. The van der Waals surface area contributed by atoms with Crippen LogP contribution in [-0.4, -0.2) is 0 Å². The van der Waals surface area contributed by atoms with Crippen LogP contribution in [0, 0.1) is 0 Å². The Labute approximate surface area is 155 Å². The molecule has 0 radical (unpaired) electrons. The van der Waals surface area contributed by atoms with Gasteiger partial charge in [0.05, 0.1) is 0 Å². The fourth-order valence-corrected chi connectivity index (χ4v) is 3.35. The van der Waals surface area contributed by atoms with E-state index >= 15 is 0 Å². The van der Waals surface area contributed by atoms with E-state index < -0.39 is 0 Å². The van der Waals surface area contributed by atoms with Gasteiger partial charge in [0, 0.05) is 0 Å². The average Bonchev–Trinajstić information content (AvgIpc) is 2.63. The first-order chi connectivity index (χ1) is 11.3. The molecule has 2 aromatic rings. The Balaban J connectivity index is 0.000000143. The van der Waals surface area contributed by atoms with E-state index in [0.29, 0.717) is 0 Å². The predicted molar refractivity (Wildman–Crippen MR) is 97.9 cm³/mol. The van der Waals surface area contributed by atoms with Crippen molar-refractivity contribution in [2.75, 3.05) is 0 Å². The molecule has 0 spiro atoms. The third-order valence-corrected chi connectivity index (χ3v) is 4.52. The number of benzene rings is 2.